The van der Waals surface area contributed by atoms with Crippen LogP contribution in [0.1, 0.15) is 51.9 Å². The molecule has 2 amide bonds. The summed E-state index contributed by atoms with van der Waals surface area (Å²) in [4.78, 5) is 19.6. The molecule has 5 heteroatoms. The summed E-state index contributed by atoms with van der Waals surface area (Å²) < 4.78 is 0. The first-order chi connectivity index (χ1) is 9.74. The van der Waals surface area contributed by atoms with Gasteiger partial charge in [0.1, 0.15) is 5.82 Å². The first-order valence-electron chi connectivity index (χ1n) is 7.29. The summed E-state index contributed by atoms with van der Waals surface area (Å²) in [7, 11) is 0. The predicted octanol–water partition coefficient (Wildman–Crippen LogP) is 3.28. The van der Waals surface area contributed by atoms with E-state index in [0.29, 0.717) is 12.5 Å². The largest absolute Gasteiger partial charge is 0.342 e. The number of H-pyrrole nitrogens is 1. The van der Waals surface area contributed by atoms with Gasteiger partial charge in [-0.1, -0.05) is 19.9 Å². The van der Waals surface area contributed by atoms with E-state index in [1.807, 2.05) is 39.0 Å². The van der Waals surface area contributed by atoms with E-state index in [2.05, 4.69) is 34.4 Å². The van der Waals surface area contributed by atoms with Crippen LogP contribution in [0.2, 0.25) is 0 Å². The van der Waals surface area contributed by atoms with E-state index >= 15 is 0 Å². The molecule has 21 heavy (non-hydrogen) atoms. The number of carbonyl (C=O) groups excluding carboxylic acids is 1. The maximum Gasteiger partial charge on any atom is 0.315 e. The summed E-state index contributed by atoms with van der Waals surface area (Å²) in [5, 5.41) is 5.74. The summed E-state index contributed by atoms with van der Waals surface area (Å²) >= 11 is 0. The van der Waals surface area contributed by atoms with E-state index in [0.717, 1.165) is 22.4 Å². The molecular weight excluding hydrogens is 264 g/mol. The molecule has 0 saturated carbocycles. The van der Waals surface area contributed by atoms with Crippen LogP contribution in [0.15, 0.2) is 18.2 Å². The first kappa shape index (κ1) is 15.4. The van der Waals surface area contributed by atoms with Crippen LogP contribution >= 0.6 is 0 Å². The number of imidazole rings is 1. The molecule has 0 bridgehead atoms. The van der Waals surface area contributed by atoms with Crippen molar-refractivity contribution in [3.8, 4) is 0 Å². The van der Waals surface area contributed by atoms with Crippen LogP contribution in [0.5, 0.6) is 0 Å². The second-order valence-corrected chi connectivity index (χ2v) is 6.69. The lowest BCUT2D eigenvalue weighted by molar-refractivity contribution is 0.231. The van der Waals surface area contributed by atoms with Gasteiger partial charge in [-0.3, -0.25) is 0 Å². The van der Waals surface area contributed by atoms with Gasteiger partial charge in [0.2, 0.25) is 0 Å². The Morgan fingerprint density at radius 1 is 1.33 bits per heavy atom. The van der Waals surface area contributed by atoms with E-state index < -0.39 is 0 Å². The van der Waals surface area contributed by atoms with Crippen LogP contribution < -0.4 is 10.6 Å². The van der Waals surface area contributed by atoms with Gasteiger partial charge >= 0.3 is 6.03 Å². The maximum absolute atomic E-state index is 11.7. The highest BCUT2D eigenvalue weighted by Gasteiger charge is 2.13. The monoisotopic (exact) mass is 288 g/mol. The topological polar surface area (TPSA) is 69.8 Å². The molecule has 2 rings (SSSR count). The van der Waals surface area contributed by atoms with Crippen molar-refractivity contribution in [2.24, 2.45) is 0 Å². The molecule has 0 aliphatic heterocycles. The molecule has 0 aliphatic carbocycles. The fraction of sp³-hybridized carbons (Fsp3) is 0.500. The zero-order valence-electron chi connectivity index (χ0n) is 13.4. The van der Waals surface area contributed by atoms with Gasteiger partial charge in [0.15, 0.2) is 0 Å². The molecule has 1 heterocycles. The Bertz CT molecular complexity index is 637. The fourth-order valence-electron chi connectivity index (χ4n) is 2.03. The molecule has 1 aromatic heterocycles. The number of benzene rings is 1. The second kappa shape index (κ2) is 5.76. The molecule has 0 spiro atoms. The highest BCUT2D eigenvalue weighted by atomic mass is 16.2. The Labute approximate surface area is 125 Å². The predicted molar refractivity (Wildman–Crippen MR) is 85.3 cm³/mol. The third-order valence-electron chi connectivity index (χ3n) is 3.05. The molecular formula is C16H24N4O. The highest BCUT2D eigenvalue weighted by molar-refractivity contribution is 5.77. The van der Waals surface area contributed by atoms with Crippen LogP contribution in [0, 0.1) is 0 Å². The molecule has 0 unspecified atom stereocenters. The Morgan fingerprint density at radius 3 is 2.67 bits per heavy atom. The van der Waals surface area contributed by atoms with Crippen molar-refractivity contribution in [1.29, 1.82) is 0 Å². The van der Waals surface area contributed by atoms with Crippen LogP contribution in [0.3, 0.4) is 0 Å². The number of aromatic nitrogens is 2. The van der Waals surface area contributed by atoms with E-state index in [-0.39, 0.29) is 11.6 Å². The van der Waals surface area contributed by atoms with E-state index in [4.69, 9.17) is 0 Å². The number of nitrogens with zero attached hydrogens (tertiary/aromatic N) is 1. The zero-order chi connectivity index (χ0) is 15.6. The number of urea groups is 1. The van der Waals surface area contributed by atoms with E-state index in [1.165, 1.54) is 0 Å². The minimum atomic E-state index is -0.233. The summed E-state index contributed by atoms with van der Waals surface area (Å²) in [6, 6.07) is 5.85. The molecule has 0 fully saturated rings. The van der Waals surface area contributed by atoms with E-state index in [1.54, 1.807) is 0 Å². The van der Waals surface area contributed by atoms with Crippen molar-refractivity contribution >= 4 is 17.1 Å². The van der Waals surface area contributed by atoms with Gasteiger partial charge in [-0.05, 0) is 38.5 Å². The van der Waals surface area contributed by atoms with Gasteiger partial charge in [0, 0.05) is 18.0 Å². The number of rotatable bonds is 3. The molecule has 3 N–H and O–H groups in total. The number of amides is 2. The summed E-state index contributed by atoms with van der Waals surface area (Å²) in [6.45, 7) is 10.6. The number of hydrogen-bond donors (Lipinski definition) is 3. The Morgan fingerprint density at radius 2 is 2.05 bits per heavy atom. The first-order valence-corrected chi connectivity index (χ1v) is 7.29. The van der Waals surface area contributed by atoms with Crippen LogP contribution in [-0.4, -0.2) is 21.5 Å². The lowest BCUT2D eigenvalue weighted by Crippen LogP contribution is -2.46. The average Bonchev–Trinajstić information content (AvgIpc) is 2.77. The lowest BCUT2D eigenvalue weighted by atomic mass is 10.1. The summed E-state index contributed by atoms with van der Waals surface area (Å²) in [5.41, 5.74) is 2.78. The zero-order valence-corrected chi connectivity index (χ0v) is 13.4. The smallest absolute Gasteiger partial charge is 0.315 e. The molecule has 5 nitrogen and oxygen atoms in total. The van der Waals surface area contributed by atoms with Gasteiger partial charge < -0.3 is 15.6 Å². The van der Waals surface area contributed by atoms with Crippen molar-refractivity contribution < 1.29 is 4.79 Å². The van der Waals surface area contributed by atoms with Crippen LogP contribution in [-0.2, 0) is 6.54 Å². The van der Waals surface area contributed by atoms with Gasteiger partial charge in [-0.25, -0.2) is 9.78 Å². The highest BCUT2D eigenvalue weighted by Crippen LogP contribution is 2.18. The Hall–Kier alpha value is -2.04. The molecule has 0 saturated heterocycles. The van der Waals surface area contributed by atoms with Crippen molar-refractivity contribution in [2.45, 2.75) is 52.6 Å². The Kier molecular flexibility index (Phi) is 4.21. The molecule has 114 valence electrons. The van der Waals surface area contributed by atoms with Gasteiger partial charge in [-0.15, -0.1) is 0 Å². The van der Waals surface area contributed by atoms with Crippen LogP contribution in [0.4, 0.5) is 4.79 Å². The number of nitrogens with one attached hydrogen (secondary N) is 3. The Balaban J connectivity index is 2.04. The number of hydrogen-bond acceptors (Lipinski definition) is 2. The number of aromatic amines is 1. The summed E-state index contributed by atoms with van der Waals surface area (Å²) in [5.74, 6) is 1.36. The molecule has 0 aliphatic rings. The SMILES string of the molecule is CC(C)c1nc2ccc(CNC(=O)NC(C)(C)C)cc2[nH]1. The van der Waals surface area contributed by atoms with Gasteiger partial charge in [0.25, 0.3) is 0 Å². The third kappa shape index (κ3) is 4.21. The quantitative estimate of drug-likeness (QED) is 0.811. The second-order valence-electron chi connectivity index (χ2n) is 6.69. The molecule has 2 aromatic rings. The average molecular weight is 288 g/mol. The van der Waals surface area contributed by atoms with Crippen molar-refractivity contribution in [3.63, 3.8) is 0 Å². The standard InChI is InChI=1S/C16H24N4O/c1-10(2)14-18-12-7-6-11(8-13(12)19-14)9-17-15(21)20-16(3,4)5/h6-8,10H,9H2,1-5H3,(H,18,19)(H2,17,20,21). The molecule has 1 aromatic carbocycles. The third-order valence-corrected chi connectivity index (χ3v) is 3.05. The summed E-state index contributed by atoms with van der Waals surface area (Å²) in [6.07, 6.45) is 0. The minimum Gasteiger partial charge on any atom is -0.342 e. The van der Waals surface area contributed by atoms with E-state index in [9.17, 15) is 4.79 Å². The maximum atomic E-state index is 11.7. The minimum absolute atomic E-state index is 0.157. The normalized spacial score (nSPS) is 11.9. The van der Waals surface area contributed by atoms with Crippen LogP contribution in [0.25, 0.3) is 11.0 Å². The fourth-order valence-corrected chi connectivity index (χ4v) is 2.03. The number of carbonyl (C=O) groups is 1. The molecule has 0 atom stereocenters. The van der Waals surface area contributed by atoms with Gasteiger partial charge in [-0.2, -0.15) is 0 Å². The number of fused-ring (bicyclic) bond motifs is 1. The molecule has 0 radical (unpaired) electrons. The van der Waals surface area contributed by atoms with Crippen molar-refractivity contribution in [2.75, 3.05) is 0 Å². The lowest BCUT2D eigenvalue weighted by Gasteiger charge is -2.20. The van der Waals surface area contributed by atoms with Gasteiger partial charge in [0.05, 0.1) is 11.0 Å². The van der Waals surface area contributed by atoms with Crippen molar-refractivity contribution in [3.05, 3.63) is 29.6 Å². The van der Waals surface area contributed by atoms with Crippen molar-refractivity contribution in [1.82, 2.24) is 20.6 Å².